The SMILES string of the molecule is COc1ccc(-c2coc(I)n2)cc1OC. The van der Waals surface area contributed by atoms with Crippen LogP contribution >= 0.6 is 22.6 Å². The quantitative estimate of drug-likeness (QED) is 0.811. The van der Waals surface area contributed by atoms with Gasteiger partial charge < -0.3 is 13.9 Å². The Morgan fingerprint density at radius 3 is 2.50 bits per heavy atom. The largest absolute Gasteiger partial charge is 0.493 e. The van der Waals surface area contributed by atoms with E-state index in [-0.39, 0.29) is 0 Å². The van der Waals surface area contributed by atoms with E-state index in [0.717, 1.165) is 11.3 Å². The highest BCUT2D eigenvalue weighted by atomic mass is 127. The molecule has 0 aliphatic carbocycles. The maximum Gasteiger partial charge on any atom is 0.257 e. The molecule has 0 fully saturated rings. The Labute approximate surface area is 107 Å². The summed E-state index contributed by atoms with van der Waals surface area (Å²) in [6, 6.07) is 5.62. The molecule has 1 aromatic carbocycles. The van der Waals surface area contributed by atoms with Crippen molar-refractivity contribution in [2.75, 3.05) is 14.2 Å². The van der Waals surface area contributed by atoms with E-state index in [9.17, 15) is 0 Å². The second kappa shape index (κ2) is 4.73. The molecule has 0 spiro atoms. The molecule has 0 amide bonds. The number of rotatable bonds is 3. The average molecular weight is 331 g/mol. The van der Waals surface area contributed by atoms with Crippen LogP contribution in [0.3, 0.4) is 0 Å². The molecule has 1 heterocycles. The van der Waals surface area contributed by atoms with Gasteiger partial charge in [0.15, 0.2) is 11.5 Å². The van der Waals surface area contributed by atoms with Crippen LogP contribution in [0.15, 0.2) is 28.9 Å². The normalized spacial score (nSPS) is 10.2. The third kappa shape index (κ3) is 2.13. The zero-order chi connectivity index (χ0) is 11.5. The standard InChI is InChI=1S/C11H10INO3/c1-14-9-4-3-7(5-10(9)15-2)8-6-16-11(12)13-8/h3-6H,1-2H3. The van der Waals surface area contributed by atoms with Crippen molar-refractivity contribution < 1.29 is 13.9 Å². The topological polar surface area (TPSA) is 44.5 Å². The lowest BCUT2D eigenvalue weighted by Gasteiger charge is -2.07. The van der Waals surface area contributed by atoms with Crippen molar-refractivity contribution in [1.82, 2.24) is 4.98 Å². The summed E-state index contributed by atoms with van der Waals surface area (Å²) in [5.74, 6) is 1.38. The maximum absolute atomic E-state index is 5.22. The van der Waals surface area contributed by atoms with Gasteiger partial charge in [0.2, 0.25) is 0 Å². The average Bonchev–Trinajstić information content (AvgIpc) is 2.75. The van der Waals surface area contributed by atoms with Gasteiger partial charge in [-0.05, 0) is 18.2 Å². The van der Waals surface area contributed by atoms with Gasteiger partial charge in [0.05, 0.1) is 14.2 Å². The van der Waals surface area contributed by atoms with E-state index in [1.54, 1.807) is 20.5 Å². The number of nitrogens with zero attached hydrogens (tertiary/aromatic N) is 1. The smallest absolute Gasteiger partial charge is 0.257 e. The Hall–Kier alpha value is -1.24. The molecule has 0 bridgehead atoms. The zero-order valence-corrected chi connectivity index (χ0v) is 11.0. The fraction of sp³-hybridized carbons (Fsp3) is 0.182. The van der Waals surface area contributed by atoms with E-state index in [1.807, 2.05) is 40.8 Å². The number of aromatic nitrogens is 1. The molecule has 1 aromatic heterocycles. The summed E-state index contributed by atoms with van der Waals surface area (Å²) >= 11 is 2.03. The first-order chi connectivity index (χ1) is 7.74. The summed E-state index contributed by atoms with van der Waals surface area (Å²) in [4.78, 5) is 4.24. The van der Waals surface area contributed by atoms with E-state index in [0.29, 0.717) is 15.4 Å². The molecule has 0 saturated heterocycles. The summed E-state index contributed by atoms with van der Waals surface area (Å²) in [6.45, 7) is 0. The molecule has 0 aliphatic heterocycles. The molecule has 0 unspecified atom stereocenters. The predicted octanol–water partition coefficient (Wildman–Crippen LogP) is 2.96. The van der Waals surface area contributed by atoms with Gasteiger partial charge in [0.1, 0.15) is 12.0 Å². The zero-order valence-electron chi connectivity index (χ0n) is 8.86. The molecule has 16 heavy (non-hydrogen) atoms. The Morgan fingerprint density at radius 1 is 1.19 bits per heavy atom. The van der Waals surface area contributed by atoms with Gasteiger partial charge in [-0.3, -0.25) is 0 Å². The summed E-state index contributed by atoms with van der Waals surface area (Å²) in [6.07, 6.45) is 1.61. The minimum Gasteiger partial charge on any atom is -0.493 e. The third-order valence-electron chi connectivity index (χ3n) is 2.16. The molecule has 0 atom stereocenters. The van der Waals surface area contributed by atoms with Crippen molar-refractivity contribution >= 4 is 22.6 Å². The molecular formula is C11H10INO3. The molecular weight excluding hydrogens is 321 g/mol. The van der Waals surface area contributed by atoms with Crippen LogP contribution in [0.2, 0.25) is 0 Å². The first-order valence-corrected chi connectivity index (χ1v) is 5.66. The summed E-state index contributed by atoms with van der Waals surface area (Å²) in [7, 11) is 3.21. The van der Waals surface area contributed by atoms with Gasteiger partial charge in [0.25, 0.3) is 3.90 Å². The number of hydrogen-bond acceptors (Lipinski definition) is 4. The van der Waals surface area contributed by atoms with Gasteiger partial charge in [-0.25, -0.2) is 4.98 Å². The van der Waals surface area contributed by atoms with E-state index in [2.05, 4.69) is 4.98 Å². The molecule has 2 rings (SSSR count). The minimum atomic E-state index is 0.613. The molecule has 0 radical (unpaired) electrons. The number of hydrogen-bond donors (Lipinski definition) is 0. The molecule has 0 N–H and O–H groups in total. The highest BCUT2D eigenvalue weighted by molar-refractivity contribution is 14.1. The van der Waals surface area contributed by atoms with E-state index in [1.165, 1.54) is 0 Å². The van der Waals surface area contributed by atoms with Gasteiger partial charge in [0, 0.05) is 28.2 Å². The number of ether oxygens (including phenoxy) is 2. The Balaban J connectivity index is 2.43. The second-order valence-electron chi connectivity index (χ2n) is 3.06. The molecule has 5 heteroatoms. The fourth-order valence-electron chi connectivity index (χ4n) is 1.38. The van der Waals surface area contributed by atoms with Crippen LogP contribution in [0.1, 0.15) is 0 Å². The van der Waals surface area contributed by atoms with Gasteiger partial charge in [-0.2, -0.15) is 0 Å². The van der Waals surface area contributed by atoms with Crippen LogP contribution in [-0.4, -0.2) is 19.2 Å². The number of methoxy groups -OCH3 is 2. The lowest BCUT2D eigenvalue weighted by Crippen LogP contribution is -1.90. The Kier molecular flexibility index (Phi) is 3.33. The van der Waals surface area contributed by atoms with Crippen LogP contribution in [0.25, 0.3) is 11.3 Å². The predicted molar refractivity (Wildman–Crippen MR) is 67.8 cm³/mol. The third-order valence-corrected chi connectivity index (χ3v) is 2.65. The first-order valence-electron chi connectivity index (χ1n) is 4.58. The fourth-order valence-corrected chi connectivity index (χ4v) is 1.77. The van der Waals surface area contributed by atoms with Crippen molar-refractivity contribution in [2.24, 2.45) is 0 Å². The van der Waals surface area contributed by atoms with Gasteiger partial charge in [-0.15, -0.1) is 0 Å². The molecule has 84 valence electrons. The lowest BCUT2D eigenvalue weighted by molar-refractivity contribution is 0.355. The summed E-state index contributed by atoms with van der Waals surface area (Å²) in [5, 5.41) is 0. The number of halogens is 1. The highest BCUT2D eigenvalue weighted by Crippen LogP contribution is 2.31. The van der Waals surface area contributed by atoms with Gasteiger partial charge in [-0.1, -0.05) is 0 Å². The first kappa shape index (κ1) is 11.3. The lowest BCUT2D eigenvalue weighted by atomic mass is 10.1. The Bertz CT molecular complexity index is 496. The van der Waals surface area contributed by atoms with E-state index < -0.39 is 0 Å². The monoisotopic (exact) mass is 331 g/mol. The van der Waals surface area contributed by atoms with E-state index >= 15 is 0 Å². The van der Waals surface area contributed by atoms with Crippen LogP contribution < -0.4 is 9.47 Å². The van der Waals surface area contributed by atoms with Gasteiger partial charge >= 0.3 is 0 Å². The number of benzene rings is 1. The molecule has 2 aromatic rings. The van der Waals surface area contributed by atoms with Crippen molar-refractivity contribution in [1.29, 1.82) is 0 Å². The van der Waals surface area contributed by atoms with Crippen LogP contribution in [-0.2, 0) is 0 Å². The van der Waals surface area contributed by atoms with Crippen molar-refractivity contribution in [3.05, 3.63) is 28.4 Å². The molecule has 0 saturated carbocycles. The minimum absolute atomic E-state index is 0.613. The highest BCUT2D eigenvalue weighted by Gasteiger charge is 2.08. The van der Waals surface area contributed by atoms with Crippen LogP contribution in [0, 0.1) is 3.90 Å². The van der Waals surface area contributed by atoms with Crippen molar-refractivity contribution in [3.63, 3.8) is 0 Å². The summed E-state index contributed by atoms with van der Waals surface area (Å²) < 4.78 is 16.1. The number of oxazole rings is 1. The molecule has 0 aliphatic rings. The van der Waals surface area contributed by atoms with E-state index in [4.69, 9.17) is 13.9 Å². The van der Waals surface area contributed by atoms with Crippen LogP contribution in [0.4, 0.5) is 0 Å². The summed E-state index contributed by atoms with van der Waals surface area (Å²) in [5.41, 5.74) is 1.72. The maximum atomic E-state index is 5.22. The molecule has 4 nitrogen and oxygen atoms in total. The Morgan fingerprint density at radius 2 is 1.94 bits per heavy atom. The second-order valence-corrected chi connectivity index (χ2v) is 3.98. The van der Waals surface area contributed by atoms with Crippen LogP contribution in [0.5, 0.6) is 11.5 Å². The van der Waals surface area contributed by atoms with Crippen molar-refractivity contribution in [3.8, 4) is 22.8 Å². The van der Waals surface area contributed by atoms with Crippen molar-refractivity contribution in [2.45, 2.75) is 0 Å².